The van der Waals surface area contributed by atoms with Gasteiger partial charge in [-0.2, -0.15) is 0 Å². The highest BCUT2D eigenvalue weighted by Crippen LogP contribution is 2.11. The van der Waals surface area contributed by atoms with Crippen molar-refractivity contribution in [1.29, 1.82) is 0 Å². The van der Waals surface area contributed by atoms with Crippen molar-refractivity contribution in [2.24, 2.45) is 0 Å². The second kappa shape index (κ2) is 7.07. The second-order valence-corrected chi connectivity index (χ2v) is 5.63. The summed E-state index contributed by atoms with van der Waals surface area (Å²) in [4.78, 5) is 20.4. The van der Waals surface area contributed by atoms with Gasteiger partial charge in [0.1, 0.15) is 17.5 Å². The molecule has 0 fully saturated rings. The van der Waals surface area contributed by atoms with Crippen LogP contribution in [-0.4, -0.2) is 35.0 Å². The van der Waals surface area contributed by atoms with Gasteiger partial charge in [-0.25, -0.2) is 9.97 Å². The number of aromatic nitrogens is 2. The van der Waals surface area contributed by atoms with Crippen LogP contribution in [0.25, 0.3) is 0 Å². The number of hydrogen-bond donors (Lipinski definition) is 3. The van der Waals surface area contributed by atoms with Gasteiger partial charge in [0, 0.05) is 38.0 Å². The van der Waals surface area contributed by atoms with Gasteiger partial charge in [-0.1, -0.05) is 6.92 Å². The molecule has 1 aromatic heterocycles. The fourth-order valence-corrected chi connectivity index (χ4v) is 1.66. The quantitative estimate of drug-likeness (QED) is 0.740. The molecular formula is C14H25N5O. The molecule has 0 saturated carbocycles. The summed E-state index contributed by atoms with van der Waals surface area (Å²) in [7, 11) is 1.82. The molecule has 0 aromatic carbocycles. The first kappa shape index (κ1) is 16.2. The Bertz CT molecular complexity index is 431. The van der Waals surface area contributed by atoms with E-state index < -0.39 is 0 Å². The van der Waals surface area contributed by atoms with E-state index >= 15 is 0 Å². The van der Waals surface area contributed by atoms with Crippen LogP contribution in [0.5, 0.6) is 0 Å². The Kier molecular flexibility index (Phi) is 5.73. The molecule has 1 heterocycles. The summed E-state index contributed by atoms with van der Waals surface area (Å²) in [6.07, 6.45) is 1.19. The van der Waals surface area contributed by atoms with E-state index in [0.29, 0.717) is 13.0 Å². The van der Waals surface area contributed by atoms with E-state index in [0.717, 1.165) is 23.9 Å². The van der Waals surface area contributed by atoms with Crippen molar-refractivity contribution in [3.8, 4) is 0 Å². The van der Waals surface area contributed by atoms with Gasteiger partial charge in [-0.15, -0.1) is 0 Å². The molecule has 0 aliphatic carbocycles. The molecule has 0 unspecified atom stereocenters. The van der Waals surface area contributed by atoms with Crippen LogP contribution in [0, 0.1) is 0 Å². The van der Waals surface area contributed by atoms with E-state index in [2.05, 4.69) is 25.9 Å². The number of nitrogens with one attached hydrogen (secondary N) is 3. The molecule has 1 aromatic rings. The smallest absolute Gasteiger partial charge is 0.222 e. The average Bonchev–Trinajstić information content (AvgIpc) is 2.36. The molecule has 1 amide bonds. The lowest BCUT2D eigenvalue weighted by Gasteiger charge is -2.20. The van der Waals surface area contributed by atoms with Crippen LogP contribution in [0.4, 0.5) is 11.6 Å². The van der Waals surface area contributed by atoms with E-state index in [-0.39, 0.29) is 11.4 Å². The lowest BCUT2D eigenvalue weighted by molar-refractivity contribution is -0.122. The number of hydrogen-bond acceptors (Lipinski definition) is 5. The highest BCUT2D eigenvalue weighted by atomic mass is 16.1. The number of amides is 1. The first-order valence-corrected chi connectivity index (χ1v) is 6.94. The van der Waals surface area contributed by atoms with Crippen LogP contribution in [0.1, 0.15) is 39.9 Å². The summed E-state index contributed by atoms with van der Waals surface area (Å²) < 4.78 is 0. The van der Waals surface area contributed by atoms with Crippen molar-refractivity contribution in [2.75, 3.05) is 24.2 Å². The fraction of sp³-hybridized carbons (Fsp3) is 0.643. The van der Waals surface area contributed by atoms with E-state index in [1.165, 1.54) is 0 Å². The minimum atomic E-state index is -0.194. The number of carbonyl (C=O) groups is 1. The molecule has 0 aliphatic rings. The molecule has 112 valence electrons. The van der Waals surface area contributed by atoms with Gasteiger partial charge in [0.25, 0.3) is 0 Å². The standard InChI is InChI=1S/C14H25N5O/c1-6-10-17-11(15-5)9-12(18-10)16-8-7-13(20)19-14(2,3)4/h9H,6-8H2,1-5H3,(H,19,20)(H2,15,16,17,18). The topological polar surface area (TPSA) is 78.9 Å². The number of aryl methyl sites for hydroxylation is 1. The minimum absolute atomic E-state index is 0.0311. The van der Waals surface area contributed by atoms with E-state index in [4.69, 9.17) is 0 Å². The number of nitrogens with zero attached hydrogens (tertiary/aromatic N) is 2. The van der Waals surface area contributed by atoms with Crippen LogP contribution in [0.2, 0.25) is 0 Å². The Hall–Kier alpha value is -1.85. The third-order valence-corrected chi connectivity index (χ3v) is 2.52. The molecule has 0 saturated heterocycles. The lowest BCUT2D eigenvalue weighted by atomic mass is 10.1. The molecule has 1 rings (SSSR count). The van der Waals surface area contributed by atoms with Crippen molar-refractivity contribution in [3.63, 3.8) is 0 Å². The summed E-state index contributed by atoms with van der Waals surface area (Å²) >= 11 is 0. The van der Waals surface area contributed by atoms with Gasteiger partial charge in [0.15, 0.2) is 0 Å². The Morgan fingerprint density at radius 2 is 1.90 bits per heavy atom. The lowest BCUT2D eigenvalue weighted by Crippen LogP contribution is -2.41. The maximum Gasteiger partial charge on any atom is 0.222 e. The molecule has 0 atom stereocenters. The summed E-state index contributed by atoms with van der Waals surface area (Å²) in [6.45, 7) is 8.46. The Morgan fingerprint density at radius 3 is 2.45 bits per heavy atom. The molecule has 3 N–H and O–H groups in total. The molecule has 0 aliphatic heterocycles. The van der Waals surface area contributed by atoms with Gasteiger partial charge >= 0.3 is 0 Å². The summed E-state index contributed by atoms with van der Waals surface area (Å²) in [5.41, 5.74) is -0.194. The van der Waals surface area contributed by atoms with Gasteiger partial charge in [0.2, 0.25) is 5.91 Å². The summed E-state index contributed by atoms with van der Waals surface area (Å²) in [5.74, 6) is 2.32. The average molecular weight is 279 g/mol. The number of rotatable bonds is 6. The molecule has 6 nitrogen and oxygen atoms in total. The number of carbonyl (C=O) groups excluding carboxylic acids is 1. The SMILES string of the molecule is CCc1nc(NC)cc(NCCC(=O)NC(C)(C)C)n1. The van der Waals surface area contributed by atoms with Crippen LogP contribution in [-0.2, 0) is 11.2 Å². The zero-order valence-corrected chi connectivity index (χ0v) is 13.0. The fourth-order valence-electron chi connectivity index (χ4n) is 1.66. The highest BCUT2D eigenvalue weighted by molar-refractivity contribution is 5.77. The molecule has 6 heteroatoms. The van der Waals surface area contributed by atoms with Gasteiger partial charge in [0.05, 0.1) is 0 Å². The molecular weight excluding hydrogens is 254 g/mol. The maximum atomic E-state index is 11.7. The van der Waals surface area contributed by atoms with Crippen molar-refractivity contribution in [1.82, 2.24) is 15.3 Å². The molecule has 0 radical (unpaired) electrons. The van der Waals surface area contributed by atoms with Gasteiger partial charge < -0.3 is 16.0 Å². The predicted octanol–water partition coefficient (Wildman–Crippen LogP) is 1.80. The summed E-state index contributed by atoms with van der Waals surface area (Å²) in [6, 6.07) is 1.83. The van der Waals surface area contributed by atoms with E-state index in [1.54, 1.807) is 0 Å². The highest BCUT2D eigenvalue weighted by Gasteiger charge is 2.13. The van der Waals surface area contributed by atoms with Crippen molar-refractivity contribution >= 4 is 17.5 Å². The van der Waals surface area contributed by atoms with Gasteiger partial charge in [-0.05, 0) is 20.8 Å². The first-order chi connectivity index (χ1) is 9.34. The maximum absolute atomic E-state index is 11.7. The van der Waals surface area contributed by atoms with E-state index in [1.807, 2.05) is 40.8 Å². The summed E-state index contributed by atoms with van der Waals surface area (Å²) in [5, 5.41) is 9.09. The Balaban J connectivity index is 2.51. The molecule has 0 spiro atoms. The van der Waals surface area contributed by atoms with Crippen molar-refractivity contribution in [2.45, 2.75) is 46.1 Å². The zero-order chi connectivity index (χ0) is 15.2. The van der Waals surface area contributed by atoms with Crippen LogP contribution in [0.3, 0.4) is 0 Å². The molecule has 0 bridgehead atoms. The Morgan fingerprint density at radius 1 is 1.25 bits per heavy atom. The monoisotopic (exact) mass is 279 g/mol. The van der Waals surface area contributed by atoms with E-state index in [9.17, 15) is 4.79 Å². The normalized spacial score (nSPS) is 11.1. The number of anilines is 2. The first-order valence-electron chi connectivity index (χ1n) is 6.94. The van der Waals surface area contributed by atoms with Crippen LogP contribution < -0.4 is 16.0 Å². The minimum Gasteiger partial charge on any atom is -0.373 e. The van der Waals surface area contributed by atoms with Crippen LogP contribution >= 0.6 is 0 Å². The molecule has 20 heavy (non-hydrogen) atoms. The third kappa shape index (κ3) is 5.86. The largest absolute Gasteiger partial charge is 0.373 e. The Labute approximate surface area is 120 Å². The van der Waals surface area contributed by atoms with Crippen molar-refractivity contribution in [3.05, 3.63) is 11.9 Å². The predicted molar refractivity (Wildman–Crippen MR) is 82.0 cm³/mol. The third-order valence-electron chi connectivity index (χ3n) is 2.52. The van der Waals surface area contributed by atoms with Crippen molar-refractivity contribution < 1.29 is 4.79 Å². The van der Waals surface area contributed by atoms with Gasteiger partial charge in [-0.3, -0.25) is 4.79 Å². The second-order valence-electron chi connectivity index (χ2n) is 5.63. The zero-order valence-electron chi connectivity index (χ0n) is 13.0. The van der Waals surface area contributed by atoms with Crippen LogP contribution in [0.15, 0.2) is 6.07 Å².